The van der Waals surface area contributed by atoms with Gasteiger partial charge in [-0.3, -0.25) is 4.79 Å². The van der Waals surface area contributed by atoms with E-state index in [0.29, 0.717) is 20.3 Å². The Bertz CT molecular complexity index is 1240. The second kappa shape index (κ2) is 7.34. The van der Waals surface area contributed by atoms with Crippen molar-refractivity contribution < 1.29 is 4.74 Å². The molecule has 0 radical (unpaired) electrons. The van der Waals surface area contributed by atoms with Crippen molar-refractivity contribution in [3.8, 4) is 5.75 Å². The zero-order valence-corrected chi connectivity index (χ0v) is 15.9. The van der Waals surface area contributed by atoms with Crippen LogP contribution in [0.3, 0.4) is 0 Å². The van der Waals surface area contributed by atoms with Crippen molar-refractivity contribution in [2.24, 2.45) is 0 Å². The molecule has 4 aromatic rings. The van der Waals surface area contributed by atoms with Gasteiger partial charge in [0.25, 0.3) is 5.56 Å². The molecule has 0 bridgehead atoms. The van der Waals surface area contributed by atoms with Crippen LogP contribution in [0.5, 0.6) is 5.75 Å². The van der Waals surface area contributed by atoms with Gasteiger partial charge < -0.3 is 4.74 Å². The molecule has 0 saturated carbocycles. The molecule has 0 saturated heterocycles. The zero-order chi connectivity index (χ0) is 18.8. The Labute approximate surface area is 163 Å². The number of hydrogen-bond acceptors (Lipinski definition) is 5. The average Bonchev–Trinajstić information content (AvgIpc) is 3.21. The molecule has 0 amide bonds. The Morgan fingerprint density at radius 2 is 1.89 bits per heavy atom. The van der Waals surface area contributed by atoms with E-state index in [2.05, 4.69) is 10.1 Å². The Kier molecular flexibility index (Phi) is 4.75. The molecule has 2 aromatic carbocycles. The first-order valence-corrected chi connectivity index (χ1v) is 9.31. The number of thiazole rings is 1. The lowest BCUT2D eigenvalue weighted by Crippen LogP contribution is -2.23. The minimum absolute atomic E-state index is 0.202. The van der Waals surface area contributed by atoms with Crippen LogP contribution < -0.4 is 14.8 Å². The smallest absolute Gasteiger partial charge is 0.291 e. The molecule has 0 aliphatic heterocycles. The molecule has 0 fully saturated rings. The molecular formula is C20H14ClN3O2S. The predicted octanol–water partition coefficient (Wildman–Crippen LogP) is 3.53. The van der Waals surface area contributed by atoms with Gasteiger partial charge in [0, 0.05) is 5.02 Å². The number of rotatable bonds is 4. The van der Waals surface area contributed by atoms with E-state index in [4.69, 9.17) is 16.3 Å². The van der Waals surface area contributed by atoms with Gasteiger partial charge in [-0.2, -0.15) is 9.50 Å². The normalized spacial score (nSPS) is 12.3. The topological polar surface area (TPSA) is 56.5 Å². The summed E-state index contributed by atoms with van der Waals surface area (Å²) in [5, 5.41) is 4.88. The van der Waals surface area contributed by atoms with E-state index in [-0.39, 0.29) is 5.56 Å². The molecule has 0 unspecified atom stereocenters. The number of hydrogen-bond donors (Lipinski definition) is 0. The molecule has 27 heavy (non-hydrogen) atoms. The van der Waals surface area contributed by atoms with E-state index < -0.39 is 0 Å². The Hall–Kier alpha value is -2.96. The van der Waals surface area contributed by atoms with E-state index >= 15 is 0 Å². The van der Waals surface area contributed by atoms with E-state index in [1.54, 1.807) is 25.3 Å². The summed E-state index contributed by atoms with van der Waals surface area (Å²) >= 11 is 7.45. The lowest BCUT2D eigenvalue weighted by atomic mass is 10.2. The predicted molar refractivity (Wildman–Crippen MR) is 109 cm³/mol. The first kappa shape index (κ1) is 17.5. The van der Waals surface area contributed by atoms with Crippen LogP contribution in [0.2, 0.25) is 5.02 Å². The van der Waals surface area contributed by atoms with Crippen molar-refractivity contribution in [1.82, 2.24) is 14.6 Å². The average molecular weight is 396 g/mol. The molecular weight excluding hydrogens is 382 g/mol. The van der Waals surface area contributed by atoms with Crippen molar-refractivity contribution in [2.45, 2.75) is 0 Å². The second-order valence-corrected chi connectivity index (χ2v) is 7.12. The third kappa shape index (κ3) is 3.63. The number of halogens is 1. The van der Waals surface area contributed by atoms with Crippen LogP contribution in [0.15, 0.2) is 53.3 Å². The van der Waals surface area contributed by atoms with Crippen molar-refractivity contribution in [1.29, 1.82) is 0 Å². The molecule has 4 rings (SSSR count). The van der Waals surface area contributed by atoms with Gasteiger partial charge in [0.05, 0.1) is 11.6 Å². The van der Waals surface area contributed by atoms with Gasteiger partial charge in [-0.25, -0.2) is 0 Å². The summed E-state index contributed by atoms with van der Waals surface area (Å²) in [6, 6.07) is 15.0. The van der Waals surface area contributed by atoms with Crippen molar-refractivity contribution in [2.75, 3.05) is 7.11 Å². The highest BCUT2D eigenvalue weighted by Crippen LogP contribution is 2.16. The van der Waals surface area contributed by atoms with Crippen LogP contribution in [0, 0.1) is 0 Å². The molecule has 134 valence electrons. The molecule has 2 aromatic heterocycles. The van der Waals surface area contributed by atoms with Crippen LogP contribution >= 0.6 is 22.9 Å². The van der Waals surface area contributed by atoms with Gasteiger partial charge in [0.15, 0.2) is 5.82 Å². The van der Waals surface area contributed by atoms with E-state index in [0.717, 1.165) is 16.9 Å². The number of ether oxygens (including phenoxy) is 1. The van der Waals surface area contributed by atoms with Gasteiger partial charge in [0.2, 0.25) is 4.96 Å². The summed E-state index contributed by atoms with van der Waals surface area (Å²) in [4.78, 5) is 17.5. The quantitative estimate of drug-likeness (QED) is 0.530. The summed E-state index contributed by atoms with van der Waals surface area (Å²) in [7, 11) is 1.63. The highest BCUT2D eigenvalue weighted by Gasteiger charge is 2.09. The maximum Gasteiger partial charge on any atom is 0.291 e. The van der Waals surface area contributed by atoms with Crippen LogP contribution in [0.1, 0.15) is 17.0 Å². The Morgan fingerprint density at radius 1 is 1.11 bits per heavy atom. The highest BCUT2D eigenvalue weighted by atomic mass is 35.5. The van der Waals surface area contributed by atoms with Gasteiger partial charge in [0.1, 0.15) is 5.75 Å². The van der Waals surface area contributed by atoms with Crippen molar-refractivity contribution in [3.63, 3.8) is 0 Å². The first-order chi connectivity index (χ1) is 13.1. The van der Waals surface area contributed by atoms with E-state index in [1.165, 1.54) is 15.9 Å². The number of aromatic nitrogens is 3. The highest BCUT2D eigenvalue weighted by molar-refractivity contribution is 7.15. The minimum Gasteiger partial charge on any atom is -0.497 e. The molecule has 0 N–H and O–H groups in total. The Balaban J connectivity index is 1.65. The van der Waals surface area contributed by atoms with Gasteiger partial charge in [-0.1, -0.05) is 59.3 Å². The molecule has 0 aliphatic carbocycles. The van der Waals surface area contributed by atoms with Crippen LogP contribution in [0.4, 0.5) is 0 Å². The van der Waals surface area contributed by atoms with Crippen LogP contribution in [-0.2, 0) is 0 Å². The molecule has 5 nitrogen and oxygen atoms in total. The maximum atomic E-state index is 12.6. The number of methoxy groups -OCH3 is 1. The van der Waals surface area contributed by atoms with Crippen molar-refractivity contribution >= 4 is 46.1 Å². The SMILES string of the molecule is COc1ccc(/C=C/c2nc3s/c(=C\c4ccccc4Cl)c(=O)n3n2)cc1. The molecule has 0 atom stereocenters. The van der Waals surface area contributed by atoms with Gasteiger partial charge in [-0.05, 0) is 41.5 Å². The third-order valence-electron chi connectivity index (χ3n) is 3.93. The maximum absolute atomic E-state index is 12.6. The summed E-state index contributed by atoms with van der Waals surface area (Å²) in [6.45, 7) is 0. The molecule has 0 aliphatic rings. The second-order valence-electron chi connectivity index (χ2n) is 5.71. The van der Waals surface area contributed by atoms with Crippen molar-refractivity contribution in [3.05, 3.63) is 85.4 Å². The molecule has 2 heterocycles. The van der Waals surface area contributed by atoms with E-state index in [9.17, 15) is 4.79 Å². The zero-order valence-electron chi connectivity index (χ0n) is 14.3. The monoisotopic (exact) mass is 395 g/mol. The third-order valence-corrected chi connectivity index (χ3v) is 5.23. The molecule has 0 spiro atoms. The van der Waals surface area contributed by atoms with Crippen LogP contribution in [0.25, 0.3) is 23.2 Å². The summed E-state index contributed by atoms with van der Waals surface area (Å²) in [5.41, 5.74) is 1.58. The largest absolute Gasteiger partial charge is 0.497 e. The summed E-state index contributed by atoms with van der Waals surface area (Å²) < 4.78 is 7.00. The summed E-state index contributed by atoms with van der Waals surface area (Å²) in [5.74, 6) is 1.28. The minimum atomic E-state index is -0.202. The van der Waals surface area contributed by atoms with Gasteiger partial charge >= 0.3 is 0 Å². The number of nitrogens with zero attached hydrogens (tertiary/aromatic N) is 3. The fourth-order valence-electron chi connectivity index (χ4n) is 2.54. The lowest BCUT2D eigenvalue weighted by Gasteiger charge is -1.98. The van der Waals surface area contributed by atoms with E-state index in [1.807, 2.05) is 48.5 Å². The Morgan fingerprint density at radius 3 is 2.59 bits per heavy atom. The van der Waals surface area contributed by atoms with Gasteiger partial charge in [-0.15, -0.1) is 5.10 Å². The first-order valence-electron chi connectivity index (χ1n) is 8.12. The van der Waals surface area contributed by atoms with Crippen LogP contribution in [-0.4, -0.2) is 21.7 Å². The lowest BCUT2D eigenvalue weighted by molar-refractivity contribution is 0.415. The fraction of sp³-hybridized carbons (Fsp3) is 0.0500. The number of fused-ring (bicyclic) bond motifs is 1. The summed E-state index contributed by atoms with van der Waals surface area (Å²) in [6.07, 6.45) is 5.43. The fourth-order valence-corrected chi connectivity index (χ4v) is 3.63. The number of benzene rings is 2. The molecule has 7 heteroatoms. The standard InChI is InChI=1S/C20H14ClN3O2S/c1-26-15-9-6-13(7-10-15)8-11-18-22-20-24(23-18)19(25)17(27-20)12-14-4-2-3-5-16(14)21/h2-12H,1H3/b11-8+,17-12-.